The summed E-state index contributed by atoms with van der Waals surface area (Å²) in [6.07, 6.45) is 0. The van der Waals surface area contributed by atoms with E-state index in [1.165, 1.54) is 20.1 Å². The molecule has 0 fully saturated rings. The van der Waals surface area contributed by atoms with Gasteiger partial charge in [-0.3, -0.25) is 0 Å². The van der Waals surface area contributed by atoms with Gasteiger partial charge in [-0.15, -0.1) is 0 Å². The van der Waals surface area contributed by atoms with E-state index >= 15 is 0 Å². The molecule has 1 aromatic carbocycles. The third kappa shape index (κ3) is 3.88. The van der Waals surface area contributed by atoms with Gasteiger partial charge in [0.1, 0.15) is 11.3 Å². The quantitative estimate of drug-likeness (QED) is 0.590. The zero-order valence-electron chi connectivity index (χ0n) is 15.8. The molecule has 0 radical (unpaired) electrons. The molecule has 0 aliphatic rings. The van der Waals surface area contributed by atoms with Gasteiger partial charge in [-0.1, -0.05) is 5.16 Å². The lowest BCUT2D eigenvalue weighted by Crippen LogP contribution is -2.12. The molecule has 28 heavy (non-hydrogen) atoms. The van der Waals surface area contributed by atoms with Gasteiger partial charge < -0.3 is 23.2 Å². The van der Waals surface area contributed by atoms with Crippen LogP contribution in [0.5, 0.6) is 11.5 Å². The first-order valence-electron chi connectivity index (χ1n) is 8.26. The van der Waals surface area contributed by atoms with Crippen LogP contribution in [-0.2, 0) is 11.3 Å². The molecule has 3 aromatic rings. The van der Waals surface area contributed by atoms with Gasteiger partial charge in [0.2, 0.25) is 5.82 Å². The second kappa shape index (κ2) is 7.95. The van der Waals surface area contributed by atoms with Crippen LogP contribution in [0.2, 0.25) is 0 Å². The molecule has 3 rings (SSSR count). The molecule has 0 saturated carbocycles. The predicted molar refractivity (Wildman–Crippen MR) is 96.4 cm³/mol. The van der Waals surface area contributed by atoms with Crippen molar-refractivity contribution in [2.75, 3.05) is 14.2 Å². The minimum atomic E-state index is -0.649. The SMILES string of the molecule is COc1ccc(-c2noc(COC(=O)c3c(C)cc(=O)oc3C)n2)cc1OC. The van der Waals surface area contributed by atoms with Crippen LogP contribution in [0.3, 0.4) is 0 Å². The smallest absolute Gasteiger partial charge is 0.342 e. The first-order chi connectivity index (χ1) is 13.4. The normalized spacial score (nSPS) is 10.6. The lowest BCUT2D eigenvalue weighted by molar-refractivity contribution is 0.0424. The van der Waals surface area contributed by atoms with Crippen LogP contribution in [0.15, 0.2) is 38.0 Å². The van der Waals surface area contributed by atoms with E-state index in [9.17, 15) is 9.59 Å². The third-order valence-electron chi connectivity index (χ3n) is 3.98. The molecule has 0 N–H and O–H groups in total. The minimum Gasteiger partial charge on any atom is -0.493 e. The van der Waals surface area contributed by atoms with Crippen LogP contribution in [-0.4, -0.2) is 30.3 Å². The standard InChI is InChI=1S/C19H18N2O7/c1-10-7-16(22)27-11(2)17(10)19(23)26-9-15-20-18(21-28-15)12-5-6-13(24-3)14(8-12)25-4/h5-8H,9H2,1-4H3. The van der Waals surface area contributed by atoms with E-state index < -0.39 is 11.6 Å². The number of methoxy groups -OCH3 is 2. The molecule has 9 heteroatoms. The number of esters is 1. The lowest BCUT2D eigenvalue weighted by atomic mass is 10.1. The molecule has 2 heterocycles. The molecule has 0 saturated heterocycles. The second-order valence-electron chi connectivity index (χ2n) is 5.84. The number of nitrogens with zero attached hydrogens (tertiary/aromatic N) is 2. The fourth-order valence-electron chi connectivity index (χ4n) is 2.67. The Morgan fingerprint density at radius 1 is 1.11 bits per heavy atom. The highest BCUT2D eigenvalue weighted by Gasteiger charge is 2.19. The molecule has 146 valence electrons. The van der Waals surface area contributed by atoms with E-state index in [2.05, 4.69) is 10.1 Å². The topological polar surface area (TPSA) is 114 Å². The number of ether oxygens (including phenoxy) is 3. The monoisotopic (exact) mass is 386 g/mol. The van der Waals surface area contributed by atoms with E-state index in [1.54, 1.807) is 32.2 Å². The highest BCUT2D eigenvalue weighted by Crippen LogP contribution is 2.31. The molecule has 0 aliphatic heterocycles. The van der Waals surface area contributed by atoms with Crippen molar-refractivity contribution in [2.24, 2.45) is 0 Å². The van der Waals surface area contributed by atoms with Crippen LogP contribution in [0.4, 0.5) is 0 Å². The molecular formula is C19H18N2O7. The Morgan fingerprint density at radius 2 is 1.86 bits per heavy atom. The van der Waals surface area contributed by atoms with Crippen molar-refractivity contribution in [3.05, 3.63) is 57.5 Å². The number of hydrogen-bond acceptors (Lipinski definition) is 9. The zero-order valence-corrected chi connectivity index (χ0v) is 15.8. The van der Waals surface area contributed by atoms with Crippen molar-refractivity contribution < 1.29 is 27.9 Å². The highest BCUT2D eigenvalue weighted by atomic mass is 16.6. The van der Waals surface area contributed by atoms with Crippen molar-refractivity contribution in [3.63, 3.8) is 0 Å². The first kappa shape index (κ1) is 19.2. The van der Waals surface area contributed by atoms with E-state index in [0.29, 0.717) is 28.5 Å². The number of rotatable bonds is 6. The number of aryl methyl sites for hydroxylation is 2. The number of aromatic nitrogens is 2. The number of carbonyl (C=O) groups excluding carboxylic acids is 1. The summed E-state index contributed by atoms with van der Waals surface area (Å²) in [5.41, 5.74) is 0.785. The molecule has 0 unspecified atom stereocenters. The summed E-state index contributed by atoms with van der Waals surface area (Å²) in [6.45, 7) is 2.92. The Labute approximate surface area is 159 Å². The summed E-state index contributed by atoms with van der Waals surface area (Å²) in [6, 6.07) is 6.41. The minimum absolute atomic E-state index is 0.117. The average Bonchev–Trinajstić information content (AvgIpc) is 3.14. The third-order valence-corrected chi connectivity index (χ3v) is 3.98. The van der Waals surface area contributed by atoms with Gasteiger partial charge in [0.05, 0.1) is 14.2 Å². The maximum Gasteiger partial charge on any atom is 0.342 e. The molecule has 0 bridgehead atoms. The second-order valence-corrected chi connectivity index (χ2v) is 5.84. The van der Waals surface area contributed by atoms with E-state index in [4.69, 9.17) is 23.2 Å². The number of hydrogen-bond donors (Lipinski definition) is 0. The summed E-state index contributed by atoms with van der Waals surface area (Å²) in [5, 5.41) is 3.88. The van der Waals surface area contributed by atoms with Gasteiger partial charge in [-0.2, -0.15) is 4.98 Å². The van der Waals surface area contributed by atoms with Gasteiger partial charge in [0.15, 0.2) is 18.1 Å². The summed E-state index contributed by atoms with van der Waals surface area (Å²) in [7, 11) is 3.07. The Hall–Kier alpha value is -3.62. The van der Waals surface area contributed by atoms with Crippen LogP contribution < -0.4 is 15.1 Å². The van der Waals surface area contributed by atoms with Crippen molar-refractivity contribution >= 4 is 5.97 Å². The van der Waals surface area contributed by atoms with Gasteiger partial charge in [-0.25, -0.2) is 9.59 Å². The summed E-state index contributed by atoms with van der Waals surface area (Å²) in [4.78, 5) is 27.8. The van der Waals surface area contributed by atoms with Gasteiger partial charge in [0.25, 0.3) is 5.89 Å². The van der Waals surface area contributed by atoms with Crippen molar-refractivity contribution in [2.45, 2.75) is 20.5 Å². The Kier molecular flexibility index (Phi) is 5.44. The zero-order chi connectivity index (χ0) is 20.3. The number of benzene rings is 1. The average molecular weight is 386 g/mol. The van der Waals surface area contributed by atoms with E-state index in [-0.39, 0.29) is 23.8 Å². The summed E-state index contributed by atoms with van der Waals surface area (Å²) >= 11 is 0. The van der Waals surface area contributed by atoms with Gasteiger partial charge in [0, 0.05) is 11.6 Å². The Morgan fingerprint density at radius 3 is 2.54 bits per heavy atom. The van der Waals surface area contributed by atoms with Gasteiger partial charge in [-0.05, 0) is 37.6 Å². The molecule has 9 nitrogen and oxygen atoms in total. The van der Waals surface area contributed by atoms with Crippen LogP contribution in [0, 0.1) is 13.8 Å². The van der Waals surface area contributed by atoms with Crippen molar-refractivity contribution in [3.8, 4) is 22.9 Å². The van der Waals surface area contributed by atoms with Crippen molar-refractivity contribution in [1.29, 1.82) is 0 Å². The fourth-order valence-corrected chi connectivity index (χ4v) is 2.67. The van der Waals surface area contributed by atoms with Crippen molar-refractivity contribution in [1.82, 2.24) is 10.1 Å². The predicted octanol–water partition coefficient (Wildman–Crippen LogP) is 2.68. The first-order valence-corrected chi connectivity index (χ1v) is 8.26. The van der Waals surface area contributed by atoms with Crippen LogP contribution in [0.1, 0.15) is 27.6 Å². The molecule has 0 aliphatic carbocycles. The number of carbonyl (C=O) groups is 1. The van der Waals surface area contributed by atoms with Crippen LogP contribution >= 0.6 is 0 Å². The molecule has 0 atom stereocenters. The summed E-state index contributed by atoms with van der Waals surface area (Å²) < 4.78 is 25.7. The maximum atomic E-state index is 12.3. The Bertz CT molecular complexity index is 1040. The molecular weight excluding hydrogens is 368 g/mol. The van der Waals surface area contributed by atoms with Gasteiger partial charge >= 0.3 is 11.6 Å². The van der Waals surface area contributed by atoms with E-state index in [0.717, 1.165) is 0 Å². The largest absolute Gasteiger partial charge is 0.493 e. The van der Waals surface area contributed by atoms with Crippen LogP contribution in [0.25, 0.3) is 11.4 Å². The molecule has 2 aromatic heterocycles. The lowest BCUT2D eigenvalue weighted by Gasteiger charge is -2.07. The summed E-state index contributed by atoms with van der Waals surface area (Å²) in [5.74, 6) is 1.06. The molecule has 0 spiro atoms. The highest BCUT2D eigenvalue weighted by molar-refractivity contribution is 5.91. The molecule has 0 amide bonds. The Balaban J connectivity index is 1.74. The van der Waals surface area contributed by atoms with E-state index in [1.807, 2.05) is 0 Å². The fraction of sp³-hybridized carbons (Fsp3) is 0.263. The maximum absolute atomic E-state index is 12.3.